The van der Waals surface area contributed by atoms with E-state index in [1.165, 1.54) is 14.2 Å². The van der Waals surface area contributed by atoms with E-state index in [0.29, 0.717) is 0 Å². The smallest absolute Gasteiger partial charge is 0.312 e. The lowest BCUT2D eigenvalue weighted by Crippen LogP contribution is -2.22. The van der Waals surface area contributed by atoms with Crippen molar-refractivity contribution in [2.75, 3.05) is 26.7 Å². The molecule has 0 aromatic carbocycles. The highest BCUT2D eigenvalue weighted by molar-refractivity contribution is 8.07. The molecule has 0 aromatic rings. The Morgan fingerprint density at radius 3 is 2.07 bits per heavy atom. The summed E-state index contributed by atoms with van der Waals surface area (Å²) in [4.78, 5) is 0. The summed E-state index contributed by atoms with van der Waals surface area (Å²) in [5, 5.41) is -0.780. The van der Waals surface area contributed by atoms with E-state index in [4.69, 9.17) is 60.2 Å². The van der Waals surface area contributed by atoms with Crippen LogP contribution in [-0.2, 0) is 25.4 Å². The van der Waals surface area contributed by atoms with Crippen LogP contribution in [0.1, 0.15) is 0 Å². The van der Waals surface area contributed by atoms with Crippen LogP contribution in [0.3, 0.4) is 0 Å². The topological polar surface area (TPSA) is 27.7 Å². The van der Waals surface area contributed by atoms with Crippen molar-refractivity contribution < 1.29 is 13.6 Å². The molecule has 14 heavy (non-hydrogen) atoms. The van der Waals surface area contributed by atoms with Gasteiger partial charge in [0.2, 0.25) is 0 Å². The van der Waals surface area contributed by atoms with Gasteiger partial charge in [-0.2, -0.15) is 0 Å². The standard InChI is InChI=1S/C6H12Cl3O3PS/c1-10-13(14,11-2)12-4-6(9)5(8)3-7/h5-6H,3-4H2,1-2H3/t5-,6?/m0/s1. The number of halogens is 3. The Hall–Kier alpha value is 1.40. The van der Waals surface area contributed by atoms with Gasteiger partial charge in [0.15, 0.2) is 0 Å². The van der Waals surface area contributed by atoms with Crippen LogP contribution in [0.25, 0.3) is 0 Å². The van der Waals surface area contributed by atoms with E-state index in [1.54, 1.807) is 0 Å². The predicted octanol–water partition coefficient (Wildman–Crippen LogP) is 2.97. The minimum absolute atomic E-state index is 0.154. The van der Waals surface area contributed by atoms with Crippen molar-refractivity contribution >= 4 is 53.3 Å². The van der Waals surface area contributed by atoms with Gasteiger partial charge in [0, 0.05) is 20.1 Å². The van der Waals surface area contributed by atoms with Gasteiger partial charge < -0.3 is 13.6 Å². The molecular formula is C6H12Cl3O3PS. The van der Waals surface area contributed by atoms with Gasteiger partial charge in [-0.05, 0) is 11.8 Å². The van der Waals surface area contributed by atoms with Crippen LogP contribution < -0.4 is 0 Å². The zero-order valence-electron chi connectivity index (χ0n) is 7.78. The SMILES string of the molecule is COP(=S)(OC)OCC(Cl)[C@@H](Cl)CCl. The number of alkyl halides is 3. The normalized spacial score (nSPS) is 16.6. The molecule has 8 heteroatoms. The van der Waals surface area contributed by atoms with Gasteiger partial charge in [-0.15, -0.1) is 34.8 Å². The fourth-order valence-corrected chi connectivity index (χ4v) is 2.05. The monoisotopic (exact) mass is 300 g/mol. The van der Waals surface area contributed by atoms with Crippen molar-refractivity contribution in [3.63, 3.8) is 0 Å². The maximum absolute atomic E-state index is 5.87. The first-order chi connectivity index (χ1) is 6.49. The first-order valence-electron chi connectivity index (χ1n) is 3.69. The molecule has 0 amide bonds. The lowest BCUT2D eigenvalue weighted by atomic mass is 10.3. The van der Waals surface area contributed by atoms with Crippen molar-refractivity contribution in [1.82, 2.24) is 0 Å². The highest BCUT2D eigenvalue weighted by Crippen LogP contribution is 2.48. The number of rotatable bonds is 7. The third-order valence-electron chi connectivity index (χ3n) is 1.38. The Morgan fingerprint density at radius 1 is 1.21 bits per heavy atom. The van der Waals surface area contributed by atoms with Gasteiger partial charge in [-0.1, -0.05) is 0 Å². The van der Waals surface area contributed by atoms with E-state index in [9.17, 15) is 0 Å². The molecule has 0 aliphatic carbocycles. The van der Waals surface area contributed by atoms with Crippen LogP contribution in [0.4, 0.5) is 0 Å². The molecule has 0 aliphatic rings. The molecule has 0 radical (unpaired) electrons. The summed E-state index contributed by atoms with van der Waals surface area (Å²) in [7, 11) is 2.85. The molecule has 2 atom stereocenters. The summed E-state index contributed by atoms with van der Waals surface area (Å²) in [6.45, 7) is -2.48. The minimum atomic E-state index is -2.64. The summed E-state index contributed by atoms with van der Waals surface area (Å²) in [5.74, 6) is 0.252. The molecule has 0 bridgehead atoms. The Kier molecular flexibility index (Phi) is 8.40. The molecule has 1 unspecified atom stereocenters. The average molecular weight is 302 g/mol. The summed E-state index contributed by atoms with van der Waals surface area (Å²) >= 11 is 22.1. The fourth-order valence-electron chi connectivity index (χ4n) is 0.544. The van der Waals surface area contributed by atoms with Gasteiger partial charge >= 0.3 is 6.72 Å². The highest BCUT2D eigenvalue weighted by Gasteiger charge is 2.22. The fraction of sp³-hybridized carbons (Fsp3) is 1.00. The zero-order chi connectivity index (χ0) is 11.2. The Morgan fingerprint density at radius 2 is 1.71 bits per heavy atom. The molecule has 86 valence electrons. The zero-order valence-corrected chi connectivity index (χ0v) is 11.8. The van der Waals surface area contributed by atoms with Crippen molar-refractivity contribution in [2.24, 2.45) is 0 Å². The highest BCUT2D eigenvalue weighted by atomic mass is 35.5. The summed E-state index contributed by atoms with van der Waals surface area (Å²) < 4.78 is 15.0. The molecule has 0 heterocycles. The van der Waals surface area contributed by atoms with E-state index in [1.807, 2.05) is 0 Å². The van der Waals surface area contributed by atoms with E-state index < -0.39 is 12.1 Å². The third-order valence-corrected chi connectivity index (χ3v) is 5.46. The maximum atomic E-state index is 5.87. The molecule has 0 aromatic heterocycles. The molecule has 0 saturated carbocycles. The first-order valence-corrected chi connectivity index (χ1v) is 7.65. The third kappa shape index (κ3) is 5.47. The van der Waals surface area contributed by atoms with E-state index in [0.717, 1.165) is 0 Å². The van der Waals surface area contributed by atoms with Gasteiger partial charge in [0.05, 0.1) is 17.4 Å². The second kappa shape index (κ2) is 7.64. The van der Waals surface area contributed by atoms with Crippen molar-refractivity contribution in [1.29, 1.82) is 0 Å². The van der Waals surface area contributed by atoms with Crippen molar-refractivity contribution in [3.05, 3.63) is 0 Å². The lowest BCUT2D eigenvalue weighted by molar-refractivity contribution is 0.202. The van der Waals surface area contributed by atoms with Crippen LogP contribution in [0.5, 0.6) is 0 Å². The predicted molar refractivity (Wildman–Crippen MR) is 64.3 cm³/mol. The number of hydrogen-bond acceptors (Lipinski definition) is 4. The molecule has 0 N–H and O–H groups in total. The lowest BCUT2D eigenvalue weighted by Gasteiger charge is -2.20. The van der Waals surface area contributed by atoms with Crippen LogP contribution in [0.15, 0.2) is 0 Å². The van der Waals surface area contributed by atoms with Crippen LogP contribution in [0, 0.1) is 0 Å². The molecule has 0 rings (SSSR count). The first kappa shape index (κ1) is 15.4. The van der Waals surface area contributed by atoms with E-state index in [2.05, 4.69) is 0 Å². The van der Waals surface area contributed by atoms with Crippen molar-refractivity contribution in [3.8, 4) is 0 Å². The van der Waals surface area contributed by atoms with Crippen LogP contribution in [0.2, 0.25) is 0 Å². The molecule has 0 fully saturated rings. The van der Waals surface area contributed by atoms with Gasteiger partial charge in [0.1, 0.15) is 0 Å². The maximum Gasteiger partial charge on any atom is 0.326 e. The summed E-state index contributed by atoms with van der Waals surface area (Å²) in [6, 6.07) is 0. The Balaban J connectivity index is 3.98. The second-order valence-corrected chi connectivity index (χ2v) is 6.95. The van der Waals surface area contributed by atoms with Gasteiger partial charge in [0.25, 0.3) is 0 Å². The summed E-state index contributed by atoms with van der Waals surface area (Å²) in [6.07, 6.45) is 0. The minimum Gasteiger partial charge on any atom is -0.312 e. The summed E-state index contributed by atoms with van der Waals surface area (Å²) in [5.41, 5.74) is 0. The average Bonchev–Trinajstić information content (AvgIpc) is 2.24. The molecular weight excluding hydrogens is 289 g/mol. The molecule has 0 spiro atoms. The van der Waals surface area contributed by atoms with Crippen LogP contribution in [-0.4, -0.2) is 37.5 Å². The Labute approximate surface area is 104 Å². The van der Waals surface area contributed by atoms with Crippen molar-refractivity contribution in [2.45, 2.75) is 10.8 Å². The van der Waals surface area contributed by atoms with E-state index >= 15 is 0 Å². The van der Waals surface area contributed by atoms with Gasteiger partial charge in [-0.3, -0.25) is 0 Å². The van der Waals surface area contributed by atoms with E-state index in [-0.39, 0.29) is 17.9 Å². The largest absolute Gasteiger partial charge is 0.326 e. The molecule has 0 aliphatic heterocycles. The van der Waals surface area contributed by atoms with Gasteiger partial charge in [-0.25, -0.2) is 0 Å². The van der Waals surface area contributed by atoms with Crippen LogP contribution >= 0.6 is 41.5 Å². The second-order valence-electron chi connectivity index (χ2n) is 2.29. The number of hydrogen-bond donors (Lipinski definition) is 0. The Bertz CT molecular complexity index is 199. The molecule has 0 saturated heterocycles. The quantitative estimate of drug-likeness (QED) is 0.534. The molecule has 3 nitrogen and oxygen atoms in total.